The largest absolute Gasteiger partial charge is 0.424 e. The zero-order valence-electron chi connectivity index (χ0n) is 26.5. The Morgan fingerprint density at radius 1 is 1.17 bits per heavy atom. The first kappa shape index (κ1) is 32.1. The van der Waals surface area contributed by atoms with Gasteiger partial charge >= 0.3 is 6.01 Å². The number of rotatable bonds is 7. The molecule has 0 radical (unpaired) electrons. The Morgan fingerprint density at radius 2 is 2.00 bits per heavy atom. The number of amides is 1. The first-order chi connectivity index (χ1) is 23.2. The van der Waals surface area contributed by atoms with Gasteiger partial charge in [0.1, 0.15) is 17.4 Å². The number of piperazine rings is 1. The van der Waals surface area contributed by atoms with Gasteiger partial charge in [0.2, 0.25) is 0 Å². The highest BCUT2D eigenvalue weighted by atomic mass is 35.5. The van der Waals surface area contributed by atoms with Crippen LogP contribution in [0.25, 0.3) is 10.9 Å². The van der Waals surface area contributed by atoms with Gasteiger partial charge in [0, 0.05) is 67.9 Å². The lowest BCUT2D eigenvalue weighted by Gasteiger charge is -2.42. The van der Waals surface area contributed by atoms with Gasteiger partial charge < -0.3 is 24.3 Å². The van der Waals surface area contributed by atoms with E-state index in [2.05, 4.69) is 50.7 Å². The summed E-state index contributed by atoms with van der Waals surface area (Å²) in [4.78, 5) is 30.5. The van der Waals surface area contributed by atoms with Crippen molar-refractivity contribution in [3.05, 3.63) is 75.2 Å². The predicted octanol–water partition coefficient (Wildman–Crippen LogP) is 5.81. The summed E-state index contributed by atoms with van der Waals surface area (Å²) in [6, 6.07) is 9.62. The monoisotopic (exact) mass is 689 g/mol. The number of fused-ring (bicyclic) bond motifs is 3. The lowest BCUT2D eigenvalue weighted by atomic mass is 9.99. The van der Waals surface area contributed by atoms with E-state index in [0.29, 0.717) is 53.5 Å². The smallest absolute Gasteiger partial charge is 0.325 e. The van der Waals surface area contributed by atoms with E-state index >= 15 is 0 Å². The predicted molar refractivity (Wildman–Crippen MR) is 182 cm³/mol. The Morgan fingerprint density at radius 3 is 2.81 bits per heavy atom. The minimum Gasteiger partial charge on any atom is -0.424 e. The minimum absolute atomic E-state index is 0.0385. The van der Waals surface area contributed by atoms with Gasteiger partial charge in [0.05, 0.1) is 40.3 Å². The highest BCUT2D eigenvalue weighted by molar-refractivity contribution is 6.43. The van der Waals surface area contributed by atoms with Gasteiger partial charge in [-0.1, -0.05) is 41.9 Å². The summed E-state index contributed by atoms with van der Waals surface area (Å²) in [7, 11) is 2.10. The van der Waals surface area contributed by atoms with Crippen molar-refractivity contribution < 1.29 is 13.9 Å². The number of halogens is 3. The first-order valence-electron chi connectivity index (χ1n) is 15.9. The molecule has 7 rings (SSSR count). The number of ether oxygens (including phenoxy) is 1. The maximum absolute atomic E-state index is 13.9. The van der Waals surface area contributed by atoms with Crippen LogP contribution in [0.5, 0.6) is 11.8 Å². The van der Waals surface area contributed by atoms with Crippen LogP contribution in [0.3, 0.4) is 0 Å². The lowest BCUT2D eigenvalue weighted by molar-refractivity contribution is -0.131. The van der Waals surface area contributed by atoms with Crippen molar-refractivity contribution in [2.24, 2.45) is 0 Å². The summed E-state index contributed by atoms with van der Waals surface area (Å²) in [5, 5.41) is 18.6. The number of hydrogen-bond donors (Lipinski definition) is 1. The van der Waals surface area contributed by atoms with Gasteiger partial charge in [0.25, 0.3) is 5.91 Å². The molecule has 2 aromatic carbocycles. The third kappa shape index (κ3) is 6.02. The van der Waals surface area contributed by atoms with Crippen molar-refractivity contribution in [3.8, 4) is 17.8 Å². The fourth-order valence-electron chi connectivity index (χ4n) is 7.05. The molecule has 5 heterocycles. The average molecular weight is 691 g/mol. The zero-order valence-corrected chi connectivity index (χ0v) is 28.0. The standard InChI is InChI=1S/C34H34Cl2FN9O2/c1-20(37)33(47)46-14-13-45(18-22(46)8-10-38)32-24-6-4-11-44(19-26-25-16-39-42-28(25)15-27(35)30(26)36)31(24)40-34(41-32)48-29-7-3-5-21-17-43(2)12-9-23(21)29/h3,5,7,15-16,22H,1,4,6,8-9,11-14,17-19H2,2H3,(H,39,42)/t22-/m0/s1. The number of hydrogen-bond acceptors (Lipinski definition) is 9. The molecule has 1 N–H and O–H groups in total. The van der Waals surface area contributed by atoms with Crippen LogP contribution >= 0.6 is 23.2 Å². The zero-order chi connectivity index (χ0) is 33.5. The quantitative estimate of drug-likeness (QED) is 0.240. The maximum atomic E-state index is 13.9. The van der Waals surface area contributed by atoms with Crippen LogP contribution < -0.4 is 14.5 Å². The molecule has 1 fully saturated rings. The van der Waals surface area contributed by atoms with E-state index in [1.807, 2.05) is 12.1 Å². The number of carbonyl (C=O) groups excluding carboxylic acids is 1. The topological polar surface area (TPSA) is 118 Å². The number of likely N-dealkylation sites (N-methyl/N-ethyl adjacent to an activating group) is 1. The molecule has 0 aliphatic carbocycles. The van der Waals surface area contributed by atoms with Crippen LogP contribution in [0.1, 0.15) is 35.1 Å². The van der Waals surface area contributed by atoms with Gasteiger partial charge in [-0.05, 0) is 44.0 Å². The fourth-order valence-corrected chi connectivity index (χ4v) is 7.48. The molecule has 3 aliphatic rings. The van der Waals surface area contributed by atoms with Gasteiger partial charge in [0.15, 0.2) is 5.83 Å². The summed E-state index contributed by atoms with van der Waals surface area (Å²) >= 11 is 13.3. The first-order valence-corrected chi connectivity index (χ1v) is 16.7. The second kappa shape index (κ2) is 13.2. The molecular weight excluding hydrogens is 656 g/mol. The molecular formula is C34H34Cl2FN9O2. The molecule has 0 bridgehead atoms. The van der Waals surface area contributed by atoms with Gasteiger partial charge in [-0.3, -0.25) is 9.89 Å². The molecule has 1 saturated heterocycles. The van der Waals surface area contributed by atoms with Crippen LogP contribution in [0.4, 0.5) is 16.0 Å². The number of aromatic nitrogens is 4. The number of carbonyl (C=O) groups is 1. The van der Waals surface area contributed by atoms with E-state index in [9.17, 15) is 14.4 Å². The van der Waals surface area contributed by atoms with Gasteiger partial charge in [-0.2, -0.15) is 20.3 Å². The Labute approximate surface area is 287 Å². The maximum Gasteiger partial charge on any atom is 0.325 e. The van der Waals surface area contributed by atoms with Crippen molar-refractivity contribution in [3.63, 3.8) is 0 Å². The SMILES string of the molecule is C=C(F)C(=O)N1CCN(c2nc(Oc3cccc4c3CCN(C)C4)nc3c2CCCN3Cc2c(Cl)c(Cl)cc3[nH]ncc23)C[C@@H]1CC#N. The highest BCUT2D eigenvalue weighted by Gasteiger charge is 2.35. The number of benzene rings is 2. The molecule has 4 aromatic rings. The number of nitrogens with zero attached hydrogens (tertiary/aromatic N) is 8. The Hall–Kier alpha value is -4.44. The van der Waals surface area contributed by atoms with E-state index in [1.54, 1.807) is 12.3 Å². The lowest BCUT2D eigenvalue weighted by Crippen LogP contribution is -2.55. The second-order valence-electron chi connectivity index (χ2n) is 12.5. The van der Waals surface area contributed by atoms with Crippen molar-refractivity contribution in [2.75, 3.05) is 49.6 Å². The van der Waals surface area contributed by atoms with E-state index in [-0.39, 0.29) is 25.5 Å². The normalized spacial score (nSPS) is 18.0. The van der Waals surface area contributed by atoms with Crippen LogP contribution in [0.15, 0.2) is 42.9 Å². The third-order valence-electron chi connectivity index (χ3n) is 9.40. The van der Waals surface area contributed by atoms with Crippen molar-refractivity contribution in [1.82, 2.24) is 30.0 Å². The van der Waals surface area contributed by atoms with E-state index in [0.717, 1.165) is 53.5 Å². The molecule has 248 valence electrons. The number of nitrogens with one attached hydrogen (secondary N) is 1. The van der Waals surface area contributed by atoms with E-state index in [1.165, 1.54) is 10.5 Å². The Balaban J connectivity index is 1.30. The Kier molecular flexibility index (Phi) is 8.85. The second-order valence-corrected chi connectivity index (χ2v) is 13.3. The van der Waals surface area contributed by atoms with Crippen LogP contribution in [-0.4, -0.2) is 81.7 Å². The fraction of sp³-hybridized carbons (Fsp3) is 0.382. The molecule has 3 aliphatic heterocycles. The molecule has 0 unspecified atom stereocenters. The summed E-state index contributed by atoms with van der Waals surface area (Å²) in [5.74, 6) is 0.264. The minimum atomic E-state index is -1.04. The number of H-pyrrole nitrogens is 1. The number of nitriles is 1. The van der Waals surface area contributed by atoms with Crippen LogP contribution in [0, 0.1) is 11.3 Å². The Bertz CT molecular complexity index is 1960. The van der Waals surface area contributed by atoms with Crippen LogP contribution in [0.2, 0.25) is 10.0 Å². The van der Waals surface area contributed by atoms with Gasteiger partial charge in [-0.15, -0.1) is 0 Å². The molecule has 0 spiro atoms. The molecule has 0 saturated carbocycles. The van der Waals surface area contributed by atoms with E-state index < -0.39 is 17.8 Å². The molecule has 1 amide bonds. The number of aromatic amines is 1. The molecule has 14 heteroatoms. The number of anilines is 2. The summed E-state index contributed by atoms with van der Waals surface area (Å²) in [6.45, 7) is 6.94. The summed E-state index contributed by atoms with van der Waals surface area (Å²) in [6.07, 6.45) is 4.16. The molecule has 11 nitrogen and oxygen atoms in total. The van der Waals surface area contributed by atoms with Crippen LogP contribution in [-0.2, 0) is 30.7 Å². The third-order valence-corrected chi connectivity index (χ3v) is 10.2. The molecule has 48 heavy (non-hydrogen) atoms. The van der Waals surface area contributed by atoms with Gasteiger partial charge in [-0.25, -0.2) is 4.39 Å². The van der Waals surface area contributed by atoms with Crippen molar-refractivity contribution >= 4 is 51.6 Å². The summed E-state index contributed by atoms with van der Waals surface area (Å²) < 4.78 is 20.5. The average Bonchev–Trinajstić information content (AvgIpc) is 3.54. The molecule has 1 atom stereocenters. The summed E-state index contributed by atoms with van der Waals surface area (Å²) in [5.41, 5.74) is 4.89. The van der Waals surface area contributed by atoms with Crippen molar-refractivity contribution in [1.29, 1.82) is 5.26 Å². The molecule has 2 aromatic heterocycles. The van der Waals surface area contributed by atoms with E-state index in [4.69, 9.17) is 37.9 Å². The highest BCUT2D eigenvalue weighted by Crippen LogP contribution is 2.40. The van der Waals surface area contributed by atoms with Crippen molar-refractivity contribution in [2.45, 2.75) is 44.8 Å².